The molecular weight excluding hydrogens is 452 g/mol. The number of nitrogens with zero attached hydrogens (tertiary/aromatic N) is 3. The van der Waals surface area contributed by atoms with E-state index in [0.717, 1.165) is 46.2 Å². The molecule has 1 aliphatic carbocycles. The van der Waals surface area contributed by atoms with Crippen molar-refractivity contribution < 1.29 is 0 Å². The number of fused-ring (bicyclic) bond motifs is 4. The topological polar surface area (TPSA) is 70.7 Å². The predicted molar refractivity (Wildman–Crippen MR) is 141 cm³/mol. The largest absolute Gasteiger partial charge is 0.295 e. The maximum absolute atomic E-state index is 13.5. The summed E-state index contributed by atoms with van der Waals surface area (Å²) in [6.45, 7) is 0.502. The summed E-state index contributed by atoms with van der Waals surface area (Å²) in [5.74, 6) is 0. The van der Waals surface area contributed by atoms with Crippen molar-refractivity contribution in [2.24, 2.45) is 0 Å². The molecule has 172 valence electrons. The van der Waals surface area contributed by atoms with Crippen LogP contribution in [0.1, 0.15) is 34.0 Å². The lowest BCUT2D eigenvalue weighted by Crippen LogP contribution is -2.36. The minimum Gasteiger partial charge on any atom is -0.295 e. The van der Waals surface area contributed by atoms with E-state index in [-0.39, 0.29) is 17.6 Å². The Kier molecular flexibility index (Phi) is 5.65. The van der Waals surface area contributed by atoms with E-state index < -0.39 is 0 Å². The van der Waals surface area contributed by atoms with Crippen LogP contribution in [-0.4, -0.2) is 15.6 Å². The van der Waals surface area contributed by atoms with Crippen LogP contribution in [0.2, 0.25) is 0 Å². The molecule has 1 aliphatic rings. The molecule has 0 aliphatic heterocycles. The average molecular weight is 477 g/mol. The molecular formula is C29H24N4OS. The van der Waals surface area contributed by atoms with Gasteiger partial charge in [0.15, 0.2) is 0 Å². The van der Waals surface area contributed by atoms with E-state index in [1.165, 1.54) is 15.6 Å². The molecule has 0 saturated carbocycles. The molecule has 2 heterocycles. The molecule has 6 heteroatoms. The van der Waals surface area contributed by atoms with Crippen LogP contribution < -0.4 is 10.9 Å². The van der Waals surface area contributed by atoms with Gasteiger partial charge in [0.2, 0.25) is 0 Å². The average Bonchev–Trinajstić information content (AvgIpc) is 3.28. The van der Waals surface area contributed by atoms with Crippen molar-refractivity contribution in [1.82, 2.24) is 14.9 Å². The zero-order valence-electron chi connectivity index (χ0n) is 19.1. The Balaban J connectivity index is 1.26. The zero-order chi connectivity index (χ0) is 23.8. The quantitative estimate of drug-likeness (QED) is 0.370. The second-order valence-corrected chi connectivity index (χ2v) is 10.2. The number of hydrogen-bond donors (Lipinski definition) is 1. The van der Waals surface area contributed by atoms with Crippen LogP contribution in [-0.2, 0) is 19.4 Å². The normalized spacial score (nSPS) is 16.1. The van der Waals surface area contributed by atoms with Gasteiger partial charge >= 0.3 is 0 Å². The summed E-state index contributed by atoms with van der Waals surface area (Å²) in [5, 5.41) is 16.4. The summed E-state index contributed by atoms with van der Waals surface area (Å²) in [6.07, 6.45) is 4.20. The van der Waals surface area contributed by atoms with Gasteiger partial charge in [0.05, 0.1) is 24.3 Å². The highest BCUT2D eigenvalue weighted by molar-refractivity contribution is 7.18. The Morgan fingerprint density at radius 1 is 1.09 bits per heavy atom. The van der Waals surface area contributed by atoms with Crippen molar-refractivity contribution in [2.45, 2.75) is 37.9 Å². The minimum absolute atomic E-state index is 0.0336. The Hall–Kier alpha value is -3.79. The van der Waals surface area contributed by atoms with Gasteiger partial charge in [-0.3, -0.25) is 14.7 Å². The van der Waals surface area contributed by atoms with Crippen LogP contribution in [0.25, 0.3) is 21.0 Å². The van der Waals surface area contributed by atoms with Crippen molar-refractivity contribution in [3.05, 3.63) is 111 Å². The molecule has 2 unspecified atom stereocenters. The van der Waals surface area contributed by atoms with Crippen molar-refractivity contribution >= 4 is 32.3 Å². The lowest BCUT2D eigenvalue weighted by atomic mass is 9.92. The number of thiophene rings is 1. The molecule has 0 saturated heterocycles. The number of aryl methyl sites for hydroxylation is 1. The van der Waals surface area contributed by atoms with Gasteiger partial charge in [0, 0.05) is 10.9 Å². The molecule has 0 radical (unpaired) electrons. The van der Waals surface area contributed by atoms with Gasteiger partial charge in [-0.1, -0.05) is 66.7 Å². The highest BCUT2D eigenvalue weighted by Gasteiger charge is 2.27. The second kappa shape index (κ2) is 9.10. The minimum atomic E-state index is -0.338. The van der Waals surface area contributed by atoms with E-state index in [1.54, 1.807) is 22.2 Å². The summed E-state index contributed by atoms with van der Waals surface area (Å²) in [4.78, 5) is 20.2. The number of nitrogens with one attached hydrogen (secondary N) is 1. The standard InChI is InChI=1S/C29H24N4OS/c30-16-25(21-7-2-1-3-8-21)32-23-12-13-24-26(15-23)35-28-27(24)29(34)33(18-31-28)17-19-10-11-20-6-4-5-9-22(20)14-19/h1-11,14,18,23,25,32H,12-13,15,17H2. The first-order valence-corrected chi connectivity index (χ1v) is 12.7. The molecule has 0 fully saturated rings. The predicted octanol–water partition coefficient (Wildman–Crippen LogP) is 5.37. The number of hydrogen-bond acceptors (Lipinski definition) is 5. The fourth-order valence-electron chi connectivity index (χ4n) is 5.08. The Labute approximate surface area is 207 Å². The van der Waals surface area contributed by atoms with E-state index in [2.05, 4.69) is 46.7 Å². The van der Waals surface area contributed by atoms with Gasteiger partial charge in [-0.05, 0) is 52.8 Å². The maximum atomic E-state index is 13.5. The number of nitriles is 1. The van der Waals surface area contributed by atoms with Crippen LogP contribution in [0.5, 0.6) is 0 Å². The van der Waals surface area contributed by atoms with Crippen molar-refractivity contribution in [1.29, 1.82) is 5.26 Å². The van der Waals surface area contributed by atoms with Gasteiger partial charge in [-0.2, -0.15) is 5.26 Å². The summed E-state index contributed by atoms with van der Waals surface area (Å²) in [7, 11) is 0. The van der Waals surface area contributed by atoms with Gasteiger partial charge in [-0.25, -0.2) is 4.98 Å². The van der Waals surface area contributed by atoms with Gasteiger partial charge in [0.25, 0.3) is 5.56 Å². The van der Waals surface area contributed by atoms with Crippen molar-refractivity contribution in [3.63, 3.8) is 0 Å². The Morgan fingerprint density at radius 3 is 2.71 bits per heavy atom. The first-order valence-electron chi connectivity index (χ1n) is 11.9. The van der Waals surface area contributed by atoms with Crippen molar-refractivity contribution in [3.8, 4) is 6.07 Å². The van der Waals surface area contributed by atoms with Crippen LogP contribution in [0, 0.1) is 11.3 Å². The molecule has 5 aromatic rings. The van der Waals surface area contributed by atoms with Crippen LogP contribution in [0.3, 0.4) is 0 Å². The zero-order valence-corrected chi connectivity index (χ0v) is 20.0. The lowest BCUT2D eigenvalue weighted by Gasteiger charge is -2.26. The molecule has 2 atom stereocenters. The molecule has 3 aromatic carbocycles. The Bertz CT molecular complexity index is 1630. The van der Waals surface area contributed by atoms with E-state index in [0.29, 0.717) is 6.54 Å². The Morgan fingerprint density at radius 2 is 1.89 bits per heavy atom. The van der Waals surface area contributed by atoms with E-state index in [9.17, 15) is 10.1 Å². The first kappa shape index (κ1) is 21.7. The van der Waals surface area contributed by atoms with Gasteiger partial charge in [0.1, 0.15) is 10.9 Å². The highest BCUT2D eigenvalue weighted by atomic mass is 32.1. The molecule has 0 bridgehead atoms. The monoisotopic (exact) mass is 476 g/mol. The molecule has 5 nitrogen and oxygen atoms in total. The van der Waals surface area contributed by atoms with Gasteiger partial charge < -0.3 is 0 Å². The molecule has 0 amide bonds. The molecule has 6 rings (SSSR count). The first-order chi connectivity index (χ1) is 17.2. The summed E-state index contributed by atoms with van der Waals surface area (Å²) >= 11 is 1.62. The second-order valence-electron chi connectivity index (χ2n) is 9.12. The van der Waals surface area contributed by atoms with Crippen LogP contribution >= 0.6 is 11.3 Å². The third-order valence-electron chi connectivity index (χ3n) is 6.87. The molecule has 35 heavy (non-hydrogen) atoms. The molecule has 2 aromatic heterocycles. The van der Waals surface area contributed by atoms with Crippen LogP contribution in [0.4, 0.5) is 0 Å². The summed E-state index contributed by atoms with van der Waals surface area (Å²) in [6, 6.07) is 26.7. The number of benzene rings is 3. The smallest absolute Gasteiger partial charge is 0.262 e. The lowest BCUT2D eigenvalue weighted by molar-refractivity contribution is 0.440. The van der Waals surface area contributed by atoms with Gasteiger partial charge in [-0.15, -0.1) is 11.3 Å². The van der Waals surface area contributed by atoms with E-state index in [4.69, 9.17) is 0 Å². The summed E-state index contributed by atoms with van der Waals surface area (Å²) in [5.41, 5.74) is 3.24. The third-order valence-corrected chi connectivity index (χ3v) is 8.03. The van der Waals surface area contributed by atoms with E-state index >= 15 is 0 Å². The SMILES string of the molecule is N#CC(NC1CCc2c(sc3ncn(Cc4ccc5ccccc5c4)c(=O)c23)C1)c1ccccc1. The third kappa shape index (κ3) is 4.14. The summed E-state index contributed by atoms with van der Waals surface area (Å²) < 4.78 is 1.73. The number of aromatic nitrogens is 2. The molecule has 0 spiro atoms. The fraction of sp³-hybridized carbons (Fsp3) is 0.207. The number of rotatable bonds is 5. The fourth-order valence-corrected chi connectivity index (χ4v) is 6.34. The van der Waals surface area contributed by atoms with Crippen LogP contribution in [0.15, 0.2) is 83.9 Å². The maximum Gasteiger partial charge on any atom is 0.262 e. The van der Waals surface area contributed by atoms with E-state index in [1.807, 2.05) is 42.5 Å². The van der Waals surface area contributed by atoms with Crippen molar-refractivity contribution in [2.75, 3.05) is 0 Å². The highest BCUT2D eigenvalue weighted by Crippen LogP contribution is 2.34. The molecule has 1 N–H and O–H groups in total.